The molecule has 1 heterocycles. The van der Waals surface area contributed by atoms with Crippen molar-refractivity contribution in [2.45, 2.75) is 26.8 Å². The molecule has 0 saturated heterocycles. The van der Waals surface area contributed by atoms with E-state index in [0.717, 1.165) is 6.42 Å². The molecule has 0 fully saturated rings. The molecule has 0 unspecified atom stereocenters. The van der Waals surface area contributed by atoms with Gasteiger partial charge < -0.3 is 0 Å². The summed E-state index contributed by atoms with van der Waals surface area (Å²) >= 11 is 0. The van der Waals surface area contributed by atoms with E-state index >= 15 is 0 Å². The SMILES string of the molecule is CCCn1nnc(C(C)=O)n1. The van der Waals surface area contributed by atoms with Gasteiger partial charge in [0.25, 0.3) is 0 Å². The number of ketones is 1. The maximum absolute atomic E-state index is 10.7. The average Bonchev–Trinajstić information content (AvgIpc) is 2.37. The molecule has 0 aromatic carbocycles. The number of carbonyl (C=O) groups excluding carboxylic acids is 1. The maximum atomic E-state index is 10.7. The van der Waals surface area contributed by atoms with E-state index in [1.54, 1.807) is 0 Å². The summed E-state index contributed by atoms with van der Waals surface area (Å²) in [5, 5.41) is 11.1. The Morgan fingerprint density at radius 1 is 1.64 bits per heavy atom. The molecule has 1 aromatic rings. The topological polar surface area (TPSA) is 60.7 Å². The van der Waals surface area contributed by atoms with E-state index in [1.807, 2.05) is 6.92 Å². The quantitative estimate of drug-likeness (QED) is 0.587. The minimum Gasteiger partial charge on any atom is -0.291 e. The summed E-state index contributed by atoms with van der Waals surface area (Å²) in [6, 6.07) is 0. The molecule has 11 heavy (non-hydrogen) atoms. The first-order valence-electron chi connectivity index (χ1n) is 3.52. The van der Waals surface area contributed by atoms with E-state index in [1.165, 1.54) is 11.7 Å². The van der Waals surface area contributed by atoms with Crippen LogP contribution in [0.1, 0.15) is 30.9 Å². The molecule has 0 N–H and O–H groups in total. The highest BCUT2D eigenvalue weighted by molar-refractivity contribution is 5.89. The summed E-state index contributed by atoms with van der Waals surface area (Å²) in [6.45, 7) is 4.14. The van der Waals surface area contributed by atoms with E-state index in [4.69, 9.17) is 0 Å². The van der Waals surface area contributed by atoms with Gasteiger partial charge in [-0.25, -0.2) is 0 Å². The molecule has 1 aromatic heterocycles. The van der Waals surface area contributed by atoms with Crippen molar-refractivity contribution in [1.29, 1.82) is 0 Å². The minimum absolute atomic E-state index is 0.146. The van der Waals surface area contributed by atoms with Crippen LogP contribution in [-0.2, 0) is 6.54 Å². The molecule has 0 radical (unpaired) electrons. The zero-order valence-electron chi connectivity index (χ0n) is 6.61. The van der Waals surface area contributed by atoms with Crippen LogP contribution in [0.15, 0.2) is 0 Å². The number of nitrogens with zero attached hydrogens (tertiary/aromatic N) is 4. The fraction of sp³-hybridized carbons (Fsp3) is 0.667. The highest BCUT2D eigenvalue weighted by atomic mass is 16.1. The van der Waals surface area contributed by atoms with Crippen molar-refractivity contribution in [3.63, 3.8) is 0 Å². The molecular formula is C6H10N4O. The number of hydrogen-bond acceptors (Lipinski definition) is 4. The van der Waals surface area contributed by atoms with E-state index in [9.17, 15) is 4.79 Å². The number of rotatable bonds is 3. The van der Waals surface area contributed by atoms with Gasteiger partial charge in [-0.1, -0.05) is 6.92 Å². The van der Waals surface area contributed by atoms with Crippen molar-refractivity contribution in [3.8, 4) is 0 Å². The number of aryl methyl sites for hydroxylation is 1. The monoisotopic (exact) mass is 154 g/mol. The summed E-state index contributed by atoms with van der Waals surface area (Å²) in [4.78, 5) is 12.1. The van der Waals surface area contributed by atoms with E-state index < -0.39 is 0 Å². The van der Waals surface area contributed by atoms with Gasteiger partial charge in [0.15, 0.2) is 0 Å². The van der Waals surface area contributed by atoms with Crippen LogP contribution in [0.4, 0.5) is 0 Å². The maximum Gasteiger partial charge on any atom is 0.240 e. The molecule has 5 heteroatoms. The van der Waals surface area contributed by atoms with Crippen molar-refractivity contribution in [1.82, 2.24) is 20.2 Å². The molecular weight excluding hydrogens is 144 g/mol. The average molecular weight is 154 g/mol. The third-order valence-electron chi connectivity index (χ3n) is 1.19. The zero-order valence-corrected chi connectivity index (χ0v) is 6.61. The number of tetrazole rings is 1. The van der Waals surface area contributed by atoms with Crippen LogP contribution < -0.4 is 0 Å². The molecule has 0 aliphatic heterocycles. The first-order chi connectivity index (χ1) is 5.24. The Labute approximate surface area is 64.4 Å². The van der Waals surface area contributed by atoms with Crippen molar-refractivity contribution in [3.05, 3.63) is 5.82 Å². The smallest absolute Gasteiger partial charge is 0.240 e. The number of hydrogen-bond donors (Lipinski definition) is 0. The number of aromatic nitrogens is 4. The van der Waals surface area contributed by atoms with Gasteiger partial charge in [-0.3, -0.25) is 4.79 Å². The second kappa shape index (κ2) is 3.23. The van der Waals surface area contributed by atoms with Gasteiger partial charge >= 0.3 is 0 Å². The van der Waals surface area contributed by atoms with Crippen molar-refractivity contribution in [2.24, 2.45) is 0 Å². The summed E-state index contributed by atoms with van der Waals surface area (Å²) in [5.41, 5.74) is 0. The lowest BCUT2D eigenvalue weighted by molar-refractivity contribution is 0.100. The van der Waals surface area contributed by atoms with E-state index in [2.05, 4.69) is 15.4 Å². The molecule has 0 bridgehead atoms. The molecule has 0 spiro atoms. The fourth-order valence-electron chi connectivity index (χ4n) is 0.679. The van der Waals surface area contributed by atoms with E-state index in [-0.39, 0.29) is 11.6 Å². The van der Waals surface area contributed by atoms with Crippen LogP contribution in [0.25, 0.3) is 0 Å². The van der Waals surface area contributed by atoms with Gasteiger partial charge in [-0.15, -0.1) is 10.2 Å². The summed E-state index contributed by atoms with van der Waals surface area (Å²) in [7, 11) is 0. The van der Waals surface area contributed by atoms with Gasteiger partial charge in [-0.05, 0) is 11.6 Å². The number of carbonyl (C=O) groups is 1. The molecule has 0 aliphatic rings. The van der Waals surface area contributed by atoms with Crippen LogP contribution in [-0.4, -0.2) is 26.0 Å². The van der Waals surface area contributed by atoms with Gasteiger partial charge in [0.05, 0.1) is 6.54 Å². The van der Waals surface area contributed by atoms with Crippen LogP contribution >= 0.6 is 0 Å². The second-order valence-corrected chi connectivity index (χ2v) is 2.27. The Morgan fingerprint density at radius 3 is 2.82 bits per heavy atom. The molecule has 0 amide bonds. The third-order valence-corrected chi connectivity index (χ3v) is 1.19. The van der Waals surface area contributed by atoms with Crippen LogP contribution in [0.5, 0.6) is 0 Å². The highest BCUT2D eigenvalue weighted by Gasteiger charge is 2.05. The first kappa shape index (κ1) is 7.84. The minimum atomic E-state index is -0.146. The standard InChI is InChI=1S/C6H10N4O/c1-3-4-10-8-6(5(2)11)7-9-10/h3-4H2,1-2H3. The van der Waals surface area contributed by atoms with Crippen LogP contribution in [0.3, 0.4) is 0 Å². The Bertz CT molecular complexity index is 255. The Morgan fingerprint density at radius 2 is 2.36 bits per heavy atom. The lowest BCUT2D eigenvalue weighted by Crippen LogP contribution is -2.02. The third kappa shape index (κ3) is 1.83. The Balaban J connectivity index is 2.73. The summed E-state index contributed by atoms with van der Waals surface area (Å²) in [5.74, 6) is 0.0470. The summed E-state index contributed by atoms with van der Waals surface area (Å²) < 4.78 is 0. The zero-order chi connectivity index (χ0) is 8.27. The Hall–Kier alpha value is -1.26. The molecule has 0 saturated carbocycles. The Kier molecular flexibility index (Phi) is 2.30. The predicted molar refractivity (Wildman–Crippen MR) is 38.1 cm³/mol. The molecule has 60 valence electrons. The van der Waals surface area contributed by atoms with E-state index in [0.29, 0.717) is 6.54 Å². The molecule has 0 atom stereocenters. The fourth-order valence-corrected chi connectivity index (χ4v) is 0.679. The second-order valence-electron chi connectivity index (χ2n) is 2.27. The van der Waals surface area contributed by atoms with Crippen molar-refractivity contribution in [2.75, 3.05) is 0 Å². The van der Waals surface area contributed by atoms with Crippen molar-refractivity contribution < 1.29 is 4.79 Å². The first-order valence-corrected chi connectivity index (χ1v) is 3.52. The van der Waals surface area contributed by atoms with Gasteiger partial charge in [0.1, 0.15) is 0 Å². The largest absolute Gasteiger partial charge is 0.291 e. The molecule has 1 rings (SSSR count). The highest BCUT2D eigenvalue weighted by Crippen LogP contribution is 1.88. The molecule has 5 nitrogen and oxygen atoms in total. The number of Topliss-reactive ketones (excluding diaryl/α,β-unsaturated/α-hetero) is 1. The van der Waals surface area contributed by atoms with Crippen LogP contribution in [0, 0.1) is 0 Å². The van der Waals surface area contributed by atoms with Gasteiger partial charge in [0.2, 0.25) is 11.6 Å². The van der Waals surface area contributed by atoms with Gasteiger partial charge in [0, 0.05) is 6.92 Å². The lowest BCUT2D eigenvalue weighted by atomic mass is 10.4. The van der Waals surface area contributed by atoms with Crippen LogP contribution in [0.2, 0.25) is 0 Å². The predicted octanol–water partition coefficient (Wildman–Crippen LogP) is 0.286. The van der Waals surface area contributed by atoms with Gasteiger partial charge in [-0.2, -0.15) is 4.80 Å². The van der Waals surface area contributed by atoms with Crippen molar-refractivity contribution >= 4 is 5.78 Å². The molecule has 0 aliphatic carbocycles. The lowest BCUT2D eigenvalue weighted by Gasteiger charge is -1.89. The normalized spacial score (nSPS) is 10.0. The summed E-state index contributed by atoms with van der Waals surface area (Å²) in [6.07, 6.45) is 0.938.